The molecule has 8 nitrogen and oxygen atoms in total. The average molecular weight is 400 g/mol. The van der Waals surface area contributed by atoms with Crippen molar-refractivity contribution in [1.29, 1.82) is 0 Å². The van der Waals surface area contributed by atoms with Gasteiger partial charge in [0.15, 0.2) is 5.82 Å². The van der Waals surface area contributed by atoms with E-state index in [1.54, 1.807) is 0 Å². The molecule has 27 heavy (non-hydrogen) atoms. The van der Waals surface area contributed by atoms with Crippen LogP contribution >= 0.6 is 0 Å². The smallest absolute Gasteiger partial charge is 0.548 e. The van der Waals surface area contributed by atoms with Crippen LogP contribution in [0.2, 0.25) is 0 Å². The van der Waals surface area contributed by atoms with Gasteiger partial charge in [0.1, 0.15) is 5.82 Å². The summed E-state index contributed by atoms with van der Waals surface area (Å²) < 4.78 is 2.09. The molecule has 0 radical (unpaired) electrons. The largest absolute Gasteiger partial charge is 1.00 e. The summed E-state index contributed by atoms with van der Waals surface area (Å²) in [4.78, 5) is 25.9. The molecule has 1 saturated carbocycles. The normalized spacial score (nSPS) is 27.1. The number of likely N-dealkylation sites (tertiary alicyclic amines) is 1. The molecule has 0 aromatic carbocycles. The van der Waals surface area contributed by atoms with E-state index in [4.69, 9.17) is 0 Å². The third-order valence-corrected chi connectivity index (χ3v) is 6.18. The van der Waals surface area contributed by atoms with Crippen LogP contribution in [-0.2, 0) is 24.3 Å². The number of carboxylic acids is 1. The Morgan fingerprint density at radius 3 is 2.74 bits per heavy atom. The first-order valence-corrected chi connectivity index (χ1v) is 9.83. The summed E-state index contributed by atoms with van der Waals surface area (Å²) >= 11 is 0. The van der Waals surface area contributed by atoms with E-state index in [0.717, 1.165) is 63.1 Å². The minimum Gasteiger partial charge on any atom is -0.548 e. The number of rotatable bonds is 3. The Kier molecular flexibility index (Phi) is 7.35. The fourth-order valence-corrected chi connectivity index (χ4v) is 4.88. The summed E-state index contributed by atoms with van der Waals surface area (Å²) in [6.45, 7) is 1.16. The molecule has 2 fully saturated rings. The van der Waals surface area contributed by atoms with Gasteiger partial charge in [0.2, 0.25) is 0 Å². The molecule has 0 spiro atoms. The molecule has 1 saturated heterocycles. The number of aliphatic carboxylic acids is 1. The summed E-state index contributed by atoms with van der Waals surface area (Å²) in [6.07, 6.45) is 8.86. The maximum absolute atomic E-state index is 12.8. The molecule has 1 aromatic heterocycles. The van der Waals surface area contributed by atoms with Crippen LogP contribution < -0.4 is 61.8 Å². The molecular weight excluding hydrogens is 373 g/mol. The number of carbonyl (C=O) groups excluding carboxylic acids is 2. The summed E-state index contributed by atoms with van der Waals surface area (Å²) in [5.74, 6) is 0.861. The first-order valence-electron chi connectivity index (χ1n) is 9.83. The van der Waals surface area contributed by atoms with Crippen LogP contribution in [0, 0.1) is 5.92 Å². The summed E-state index contributed by atoms with van der Waals surface area (Å²) in [6, 6.07) is -1.12. The van der Waals surface area contributed by atoms with E-state index < -0.39 is 12.0 Å². The van der Waals surface area contributed by atoms with E-state index in [1.807, 2.05) is 0 Å². The number of aryl methyl sites for hydroxylation is 1. The zero-order valence-corrected chi connectivity index (χ0v) is 19.1. The predicted molar refractivity (Wildman–Crippen MR) is 90.8 cm³/mol. The van der Waals surface area contributed by atoms with Gasteiger partial charge >= 0.3 is 57.4 Å². The van der Waals surface area contributed by atoms with Gasteiger partial charge in [-0.15, -0.1) is 10.2 Å². The van der Waals surface area contributed by atoms with Gasteiger partial charge in [-0.2, -0.15) is 0 Å². The Bertz CT molecular complexity index is 695. The first kappa shape index (κ1) is 21.2. The van der Waals surface area contributed by atoms with Crippen molar-refractivity contribution in [2.75, 3.05) is 0 Å². The van der Waals surface area contributed by atoms with E-state index in [1.165, 1.54) is 11.3 Å². The molecule has 2 aliphatic heterocycles. The molecule has 142 valence electrons. The number of nitrogens with zero attached hydrogens (tertiary/aromatic N) is 4. The van der Waals surface area contributed by atoms with E-state index in [-0.39, 0.29) is 75.9 Å². The van der Waals surface area contributed by atoms with Crippen LogP contribution in [0.5, 0.6) is 0 Å². The van der Waals surface area contributed by atoms with Crippen molar-refractivity contribution in [3.63, 3.8) is 0 Å². The SMILES string of the molecule is O=C([O-])C1CC2CCCCC2N1C(=O)NCc1nnc2n1CCCCC2.[K+]. The van der Waals surface area contributed by atoms with Crippen molar-refractivity contribution < 1.29 is 66.1 Å². The van der Waals surface area contributed by atoms with Gasteiger partial charge in [-0.1, -0.05) is 19.3 Å². The zero-order valence-electron chi connectivity index (χ0n) is 16.0. The molecular formula is C18H26KN5O3. The fraction of sp³-hybridized carbons (Fsp3) is 0.778. The molecule has 3 heterocycles. The second kappa shape index (κ2) is 9.34. The van der Waals surface area contributed by atoms with Crippen LogP contribution in [0.25, 0.3) is 0 Å². The van der Waals surface area contributed by atoms with E-state index in [9.17, 15) is 14.7 Å². The number of urea groups is 1. The van der Waals surface area contributed by atoms with Gasteiger partial charge in [0.05, 0.1) is 18.6 Å². The maximum Gasteiger partial charge on any atom is 1.00 e. The number of carboxylic acid groups (broad SMARTS) is 1. The van der Waals surface area contributed by atoms with Crippen molar-refractivity contribution in [3.05, 3.63) is 11.6 Å². The van der Waals surface area contributed by atoms with E-state index >= 15 is 0 Å². The zero-order chi connectivity index (χ0) is 18.1. The van der Waals surface area contributed by atoms with Gasteiger partial charge in [0, 0.05) is 19.0 Å². The molecule has 1 aromatic rings. The van der Waals surface area contributed by atoms with Crippen molar-refractivity contribution in [2.24, 2.45) is 5.92 Å². The predicted octanol–water partition coefficient (Wildman–Crippen LogP) is -2.40. The molecule has 3 atom stereocenters. The Balaban J connectivity index is 0.00000210. The quantitative estimate of drug-likeness (QED) is 0.571. The Morgan fingerprint density at radius 1 is 1.11 bits per heavy atom. The molecule has 4 rings (SSSR count). The van der Waals surface area contributed by atoms with Gasteiger partial charge < -0.3 is 24.7 Å². The van der Waals surface area contributed by atoms with Crippen molar-refractivity contribution in [1.82, 2.24) is 25.0 Å². The number of nitrogens with one attached hydrogen (secondary N) is 1. The molecule has 9 heteroatoms. The summed E-state index contributed by atoms with van der Waals surface area (Å²) in [7, 11) is 0. The number of amides is 2. The van der Waals surface area contributed by atoms with Crippen LogP contribution in [0.1, 0.15) is 63.0 Å². The molecule has 2 amide bonds. The van der Waals surface area contributed by atoms with E-state index in [0.29, 0.717) is 6.42 Å². The third-order valence-electron chi connectivity index (χ3n) is 6.18. The monoisotopic (exact) mass is 399 g/mol. The van der Waals surface area contributed by atoms with Gasteiger partial charge in [0.25, 0.3) is 0 Å². The number of hydrogen-bond donors (Lipinski definition) is 1. The number of hydrogen-bond acceptors (Lipinski definition) is 5. The van der Waals surface area contributed by atoms with Crippen LogP contribution in [0.15, 0.2) is 0 Å². The van der Waals surface area contributed by atoms with Crippen molar-refractivity contribution in [3.8, 4) is 0 Å². The molecule has 3 unspecified atom stereocenters. The first-order chi connectivity index (χ1) is 12.6. The number of carbonyl (C=O) groups is 2. The molecule has 3 aliphatic rings. The fourth-order valence-electron chi connectivity index (χ4n) is 4.88. The van der Waals surface area contributed by atoms with E-state index in [2.05, 4.69) is 20.1 Å². The van der Waals surface area contributed by atoms with Crippen molar-refractivity contribution >= 4 is 12.0 Å². The minimum absolute atomic E-state index is 0. The Morgan fingerprint density at radius 2 is 1.93 bits per heavy atom. The number of aromatic nitrogens is 3. The summed E-state index contributed by atoms with van der Waals surface area (Å²) in [5.41, 5.74) is 0. The molecule has 1 N–H and O–H groups in total. The third kappa shape index (κ3) is 4.42. The minimum atomic E-state index is -1.15. The second-order valence-corrected chi connectivity index (χ2v) is 7.74. The van der Waals surface area contributed by atoms with Crippen LogP contribution in [-0.4, -0.2) is 43.7 Å². The van der Waals surface area contributed by atoms with Crippen molar-refractivity contribution in [2.45, 2.75) is 83.0 Å². The maximum atomic E-state index is 12.8. The number of fused-ring (bicyclic) bond motifs is 2. The standard InChI is InChI=1S/C18H27N5O3.K/c24-17(25)14-10-12-6-3-4-7-13(12)23(14)18(26)19-11-16-21-20-15-8-2-1-5-9-22(15)16;/h12-14H,1-11H2,(H,19,26)(H,24,25);/q;+1/p-1. The van der Waals surface area contributed by atoms with Gasteiger partial charge in [-0.3, -0.25) is 0 Å². The topological polar surface area (TPSA) is 103 Å². The van der Waals surface area contributed by atoms with Gasteiger partial charge in [-0.05, 0) is 38.0 Å². The molecule has 1 aliphatic carbocycles. The summed E-state index contributed by atoms with van der Waals surface area (Å²) in [5, 5.41) is 22.9. The van der Waals surface area contributed by atoms with Crippen LogP contribution in [0.3, 0.4) is 0 Å². The molecule has 0 bridgehead atoms. The Labute approximate surface area is 201 Å². The van der Waals surface area contributed by atoms with Gasteiger partial charge in [-0.25, -0.2) is 4.79 Å². The average Bonchev–Trinajstić information content (AvgIpc) is 3.13. The second-order valence-electron chi connectivity index (χ2n) is 7.74. The Hall–Kier alpha value is -0.484. The van der Waals surface area contributed by atoms with Crippen LogP contribution in [0.4, 0.5) is 4.79 Å².